The van der Waals surface area contributed by atoms with E-state index < -0.39 is 17.2 Å². The number of H-pyrrole nitrogens is 3. The SMILES string of the molecule is O=C(NCc1ncc[nH]1)c1c[nH]c(=O)[nH]c1=O. The van der Waals surface area contributed by atoms with Crippen LogP contribution in [0, 0.1) is 0 Å². The summed E-state index contributed by atoms with van der Waals surface area (Å²) >= 11 is 0. The van der Waals surface area contributed by atoms with Crippen molar-refractivity contribution in [3.63, 3.8) is 0 Å². The second-order valence-corrected chi connectivity index (χ2v) is 3.20. The second kappa shape index (κ2) is 4.47. The molecule has 0 bridgehead atoms. The van der Waals surface area contributed by atoms with Crippen LogP contribution in [0.15, 0.2) is 28.2 Å². The van der Waals surface area contributed by atoms with Crippen LogP contribution in [-0.2, 0) is 6.54 Å². The highest BCUT2D eigenvalue weighted by atomic mass is 16.2. The summed E-state index contributed by atoms with van der Waals surface area (Å²) in [5, 5.41) is 2.49. The summed E-state index contributed by atoms with van der Waals surface area (Å²) < 4.78 is 0. The molecule has 2 rings (SSSR count). The smallest absolute Gasteiger partial charge is 0.325 e. The first-order chi connectivity index (χ1) is 8.16. The standard InChI is InChI=1S/C9H9N5O3/c15-7(12-4-6-10-1-2-11-6)5-3-13-9(17)14-8(5)16/h1-3H,4H2,(H,10,11)(H,12,15)(H2,13,14,16,17). The molecule has 2 aromatic rings. The van der Waals surface area contributed by atoms with Crippen molar-refractivity contribution in [2.75, 3.05) is 0 Å². The van der Waals surface area contributed by atoms with E-state index in [0.717, 1.165) is 6.20 Å². The first kappa shape index (κ1) is 10.9. The van der Waals surface area contributed by atoms with Gasteiger partial charge in [0.25, 0.3) is 11.5 Å². The Labute approximate surface area is 94.1 Å². The van der Waals surface area contributed by atoms with Crippen molar-refractivity contribution in [1.29, 1.82) is 0 Å². The van der Waals surface area contributed by atoms with E-state index in [1.54, 1.807) is 12.4 Å². The van der Waals surface area contributed by atoms with Crippen LogP contribution in [0.2, 0.25) is 0 Å². The van der Waals surface area contributed by atoms with Gasteiger partial charge in [-0.3, -0.25) is 14.6 Å². The first-order valence-corrected chi connectivity index (χ1v) is 4.75. The van der Waals surface area contributed by atoms with Gasteiger partial charge in [0.05, 0.1) is 6.54 Å². The van der Waals surface area contributed by atoms with E-state index in [9.17, 15) is 14.4 Å². The Hall–Kier alpha value is -2.64. The number of nitrogens with one attached hydrogen (secondary N) is 4. The summed E-state index contributed by atoms with van der Waals surface area (Å²) in [6.45, 7) is 0.171. The number of aromatic nitrogens is 4. The predicted molar refractivity (Wildman–Crippen MR) is 57.4 cm³/mol. The van der Waals surface area contributed by atoms with E-state index in [-0.39, 0.29) is 12.1 Å². The summed E-state index contributed by atoms with van der Waals surface area (Å²) in [5.74, 6) is -0.0156. The largest absolute Gasteiger partial charge is 0.347 e. The maximum Gasteiger partial charge on any atom is 0.325 e. The van der Waals surface area contributed by atoms with Crippen LogP contribution >= 0.6 is 0 Å². The number of amides is 1. The molecule has 2 aromatic heterocycles. The highest BCUT2D eigenvalue weighted by Crippen LogP contribution is 1.89. The van der Waals surface area contributed by atoms with Gasteiger partial charge in [-0.15, -0.1) is 0 Å². The van der Waals surface area contributed by atoms with Gasteiger partial charge in [0.2, 0.25) is 0 Å². The Morgan fingerprint density at radius 2 is 2.18 bits per heavy atom. The van der Waals surface area contributed by atoms with Gasteiger partial charge in [-0.25, -0.2) is 9.78 Å². The van der Waals surface area contributed by atoms with E-state index in [1.807, 2.05) is 4.98 Å². The molecule has 0 saturated carbocycles. The highest BCUT2D eigenvalue weighted by Gasteiger charge is 2.10. The van der Waals surface area contributed by atoms with Crippen molar-refractivity contribution in [1.82, 2.24) is 25.3 Å². The van der Waals surface area contributed by atoms with E-state index >= 15 is 0 Å². The third-order valence-corrected chi connectivity index (χ3v) is 2.04. The van der Waals surface area contributed by atoms with Crippen LogP contribution in [0.3, 0.4) is 0 Å². The zero-order valence-corrected chi connectivity index (χ0v) is 8.61. The van der Waals surface area contributed by atoms with Gasteiger partial charge in [-0.2, -0.15) is 0 Å². The number of aromatic amines is 3. The highest BCUT2D eigenvalue weighted by molar-refractivity contribution is 5.93. The Morgan fingerprint density at radius 1 is 1.35 bits per heavy atom. The van der Waals surface area contributed by atoms with Crippen molar-refractivity contribution >= 4 is 5.91 Å². The number of carbonyl (C=O) groups is 1. The minimum Gasteiger partial charge on any atom is -0.347 e. The molecular formula is C9H9N5O3. The molecule has 88 valence electrons. The zero-order chi connectivity index (χ0) is 12.3. The lowest BCUT2D eigenvalue weighted by Gasteiger charge is -2.01. The molecule has 4 N–H and O–H groups in total. The number of imidazole rings is 1. The van der Waals surface area contributed by atoms with Crippen LogP contribution in [0.5, 0.6) is 0 Å². The third-order valence-electron chi connectivity index (χ3n) is 2.04. The molecule has 0 aliphatic rings. The van der Waals surface area contributed by atoms with E-state index in [1.165, 1.54) is 0 Å². The molecule has 2 heterocycles. The van der Waals surface area contributed by atoms with Gasteiger partial charge in [-0.1, -0.05) is 0 Å². The topological polar surface area (TPSA) is 123 Å². The first-order valence-electron chi connectivity index (χ1n) is 4.75. The molecule has 0 radical (unpaired) electrons. The lowest BCUT2D eigenvalue weighted by atomic mass is 10.3. The number of hydrogen-bond donors (Lipinski definition) is 4. The van der Waals surface area contributed by atoms with Crippen LogP contribution in [0.25, 0.3) is 0 Å². The minimum atomic E-state index is -0.731. The van der Waals surface area contributed by atoms with Gasteiger partial charge >= 0.3 is 5.69 Å². The number of rotatable bonds is 3. The van der Waals surface area contributed by atoms with E-state index in [2.05, 4.69) is 20.3 Å². The molecule has 0 fully saturated rings. The van der Waals surface area contributed by atoms with Crippen molar-refractivity contribution in [2.24, 2.45) is 0 Å². The van der Waals surface area contributed by atoms with Gasteiger partial charge in [0, 0.05) is 18.6 Å². The second-order valence-electron chi connectivity index (χ2n) is 3.20. The van der Waals surface area contributed by atoms with Crippen molar-refractivity contribution < 1.29 is 4.79 Å². The van der Waals surface area contributed by atoms with Gasteiger partial charge in [0.15, 0.2) is 0 Å². The monoisotopic (exact) mass is 235 g/mol. The number of nitrogens with zero attached hydrogens (tertiary/aromatic N) is 1. The molecule has 0 unspecified atom stereocenters. The predicted octanol–water partition coefficient (Wildman–Crippen LogP) is -1.28. The molecule has 8 heteroatoms. The van der Waals surface area contributed by atoms with Crippen molar-refractivity contribution in [3.8, 4) is 0 Å². The lowest BCUT2D eigenvalue weighted by Crippen LogP contribution is -2.33. The van der Waals surface area contributed by atoms with Crippen LogP contribution in [0.1, 0.15) is 16.2 Å². The summed E-state index contributed by atoms with van der Waals surface area (Å²) in [4.78, 5) is 44.5. The van der Waals surface area contributed by atoms with Crippen molar-refractivity contribution in [2.45, 2.75) is 6.54 Å². The van der Waals surface area contributed by atoms with Crippen LogP contribution in [-0.4, -0.2) is 25.8 Å². The molecule has 0 saturated heterocycles. The number of hydrogen-bond acceptors (Lipinski definition) is 4. The summed E-state index contributed by atoms with van der Waals surface area (Å²) in [6, 6.07) is 0. The fourth-order valence-electron chi connectivity index (χ4n) is 1.23. The molecule has 0 atom stereocenters. The van der Waals surface area contributed by atoms with Gasteiger partial charge < -0.3 is 15.3 Å². The van der Waals surface area contributed by atoms with Crippen molar-refractivity contribution in [3.05, 3.63) is 50.8 Å². The maximum absolute atomic E-state index is 11.6. The van der Waals surface area contributed by atoms with Crippen LogP contribution < -0.4 is 16.6 Å². The molecule has 0 aliphatic carbocycles. The van der Waals surface area contributed by atoms with E-state index in [0.29, 0.717) is 5.82 Å². The zero-order valence-electron chi connectivity index (χ0n) is 8.61. The molecule has 17 heavy (non-hydrogen) atoms. The third kappa shape index (κ3) is 2.48. The average Bonchev–Trinajstić information content (AvgIpc) is 2.78. The number of carbonyl (C=O) groups excluding carboxylic acids is 1. The van der Waals surface area contributed by atoms with Crippen LogP contribution in [0.4, 0.5) is 0 Å². The summed E-state index contributed by atoms with van der Waals surface area (Å²) in [6.07, 6.45) is 4.24. The molecule has 0 aromatic carbocycles. The fourth-order valence-corrected chi connectivity index (χ4v) is 1.23. The molecule has 8 nitrogen and oxygen atoms in total. The Balaban J connectivity index is 2.10. The maximum atomic E-state index is 11.6. The Morgan fingerprint density at radius 3 is 2.82 bits per heavy atom. The average molecular weight is 235 g/mol. The molecule has 0 spiro atoms. The lowest BCUT2D eigenvalue weighted by molar-refractivity contribution is 0.0948. The molecular weight excluding hydrogens is 226 g/mol. The summed E-state index contributed by atoms with van der Waals surface area (Å²) in [7, 11) is 0. The fraction of sp³-hybridized carbons (Fsp3) is 0.111. The molecule has 1 amide bonds. The quantitative estimate of drug-likeness (QED) is 0.528. The Kier molecular flexibility index (Phi) is 2.86. The van der Waals surface area contributed by atoms with Gasteiger partial charge in [0.1, 0.15) is 11.4 Å². The summed E-state index contributed by atoms with van der Waals surface area (Å²) in [5.41, 5.74) is -1.54. The minimum absolute atomic E-state index is 0.156. The van der Waals surface area contributed by atoms with Gasteiger partial charge in [-0.05, 0) is 0 Å². The van der Waals surface area contributed by atoms with E-state index in [4.69, 9.17) is 0 Å². The molecule has 0 aliphatic heterocycles. The normalized spacial score (nSPS) is 10.1. The Bertz CT molecular complexity index is 625.